The highest BCUT2D eigenvalue weighted by atomic mass is 16.5. The zero-order chi connectivity index (χ0) is 13.9. The minimum Gasteiger partial charge on any atom is -0.495 e. The maximum Gasteiger partial charge on any atom is 0.335 e. The molecule has 0 radical (unpaired) electrons. The second-order valence-electron chi connectivity index (χ2n) is 4.24. The molecule has 0 bridgehead atoms. The van der Waals surface area contributed by atoms with Gasteiger partial charge in [0.2, 0.25) is 5.91 Å². The molecule has 0 saturated heterocycles. The molecule has 0 atom stereocenters. The van der Waals surface area contributed by atoms with Crippen molar-refractivity contribution in [1.29, 1.82) is 0 Å². The van der Waals surface area contributed by atoms with Crippen LogP contribution in [-0.4, -0.2) is 31.1 Å². The fourth-order valence-electron chi connectivity index (χ4n) is 1.59. The zero-order valence-electron chi connectivity index (χ0n) is 10.9. The van der Waals surface area contributed by atoms with Crippen molar-refractivity contribution in [3.8, 4) is 5.75 Å². The molecule has 98 valence electrons. The Morgan fingerprint density at radius 1 is 1.33 bits per heavy atom. The Kier molecular flexibility index (Phi) is 4.31. The number of ether oxygens (including phenoxy) is 1. The molecule has 0 spiro atoms. The van der Waals surface area contributed by atoms with E-state index in [1.165, 1.54) is 24.1 Å². The van der Waals surface area contributed by atoms with Crippen molar-refractivity contribution in [1.82, 2.24) is 0 Å². The maximum absolute atomic E-state index is 11.9. The standard InChI is InChI=1S/C13H17NO4/c1-8(2)12(15)14(3)10-7-9(13(16)17)5-6-11(10)18-4/h5-8H,1-4H3,(H,16,17). The van der Waals surface area contributed by atoms with Crippen molar-refractivity contribution in [2.75, 3.05) is 19.1 Å². The van der Waals surface area contributed by atoms with Gasteiger partial charge in [-0.05, 0) is 18.2 Å². The van der Waals surface area contributed by atoms with Crippen LogP contribution in [0.15, 0.2) is 18.2 Å². The molecule has 0 aliphatic carbocycles. The maximum atomic E-state index is 11.9. The number of aromatic carboxylic acids is 1. The summed E-state index contributed by atoms with van der Waals surface area (Å²) in [5, 5.41) is 8.96. The molecule has 1 rings (SSSR count). The first-order chi connectivity index (χ1) is 8.38. The molecule has 0 saturated carbocycles. The minimum absolute atomic E-state index is 0.101. The smallest absolute Gasteiger partial charge is 0.335 e. The van der Waals surface area contributed by atoms with Gasteiger partial charge in [-0.2, -0.15) is 0 Å². The van der Waals surface area contributed by atoms with E-state index >= 15 is 0 Å². The van der Waals surface area contributed by atoms with E-state index in [1.54, 1.807) is 27.0 Å². The summed E-state index contributed by atoms with van der Waals surface area (Å²) >= 11 is 0. The molecule has 0 aliphatic rings. The van der Waals surface area contributed by atoms with Gasteiger partial charge in [0.1, 0.15) is 5.75 Å². The van der Waals surface area contributed by atoms with Crippen LogP contribution in [0.1, 0.15) is 24.2 Å². The highest BCUT2D eigenvalue weighted by molar-refractivity contribution is 5.97. The van der Waals surface area contributed by atoms with E-state index in [1.807, 2.05) is 0 Å². The number of carboxylic acid groups (broad SMARTS) is 1. The number of methoxy groups -OCH3 is 1. The number of carbonyl (C=O) groups is 2. The largest absolute Gasteiger partial charge is 0.495 e. The fraction of sp³-hybridized carbons (Fsp3) is 0.385. The van der Waals surface area contributed by atoms with Gasteiger partial charge < -0.3 is 14.7 Å². The van der Waals surface area contributed by atoms with Gasteiger partial charge in [0, 0.05) is 13.0 Å². The number of anilines is 1. The molecule has 5 nitrogen and oxygen atoms in total. The van der Waals surface area contributed by atoms with Crippen LogP contribution < -0.4 is 9.64 Å². The minimum atomic E-state index is -1.04. The summed E-state index contributed by atoms with van der Waals surface area (Å²) in [6.07, 6.45) is 0. The Morgan fingerprint density at radius 3 is 2.39 bits per heavy atom. The second kappa shape index (κ2) is 5.53. The molecule has 0 aromatic heterocycles. The molecule has 18 heavy (non-hydrogen) atoms. The number of hydrogen-bond acceptors (Lipinski definition) is 3. The van der Waals surface area contributed by atoms with E-state index in [2.05, 4.69) is 0 Å². The molecular formula is C13H17NO4. The number of benzene rings is 1. The van der Waals surface area contributed by atoms with Crippen molar-refractivity contribution >= 4 is 17.6 Å². The SMILES string of the molecule is COc1ccc(C(=O)O)cc1N(C)C(=O)C(C)C. The number of hydrogen-bond donors (Lipinski definition) is 1. The van der Waals surface area contributed by atoms with Crippen molar-refractivity contribution in [2.24, 2.45) is 5.92 Å². The van der Waals surface area contributed by atoms with E-state index < -0.39 is 5.97 Å². The van der Waals surface area contributed by atoms with Crippen LogP contribution in [0, 0.1) is 5.92 Å². The number of carbonyl (C=O) groups excluding carboxylic acids is 1. The van der Waals surface area contributed by atoms with Gasteiger partial charge in [-0.1, -0.05) is 13.8 Å². The van der Waals surface area contributed by atoms with Crippen LogP contribution in [0.3, 0.4) is 0 Å². The summed E-state index contributed by atoms with van der Waals surface area (Å²) in [4.78, 5) is 24.3. The first-order valence-electron chi connectivity index (χ1n) is 5.57. The van der Waals surface area contributed by atoms with Crippen molar-refractivity contribution < 1.29 is 19.4 Å². The predicted octanol–water partition coefficient (Wildman–Crippen LogP) is 2.01. The van der Waals surface area contributed by atoms with E-state index in [0.29, 0.717) is 11.4 Å². The van der Waals surface area contributed by atoms with Gasteiger partial charge in [-0.15, -0.1) is 0 Å². The van der Waals surface area contributed by atoms with Crippen molar-refractivity contribution in [2.45, 2.75) is 13.8 Å². The molecule has 0 aliphatic heterocycles. The van der Waals surface area contributed by atoms with E-state index in [9.17, 15) is 9.59 Å². The number of amides is 1. The summed E-state index contributed by atoms with van der Waals surface area (Å²) in [5.41, 5.74) is 0.574. The van der Waals surface area contributed by atoms with Gasteiger partial charge in [-0.25, -0.2) is 4.79 Å². The summed E-state index contributed by atoms with van der Waals surface area (Å²) in [7, 11) is 3.08. The monoisotopic (exact) mass is 251 g/mol. The molecular weight excluding hydrogens is 234 g/mol. The van der Waals surface area contributed by atoms with E-state index in [4.69, 9.17) is 9.84 Å². The van der Waals surface area contributed by atoms with Gasteiger partial charge >= 0.3 is 5.97 Å². The highest BCUT2D eigenvalue weighted by Crippen LogP contribution is 2.29. The van der Waals surface area contributed by atoms with Crippen LogP contribution in [0.2, 0.25) is 0 Å². The zero-order valence-corrected chi connectivity index (χ0v) is 10.9. The normalized spacial score (nSPS) is 10.3. The summed E-state index contributed by atoms with van der Waals surface area (Å²) < 4.78 is 5.14. The van der Waals surface area contributed by atoms with Crippen LogP contribution >= 0.6 is 0 Å². The first-order valence-corrected chi connectivity index (χ1v) is 5.57. The van der Waals surface area contributed by atoms with Gasteiger partial charge in [0.15, 0.2) is 0 Å². The third-order valence-corrected chi connectivity index (χ3v) is 2.61. The molecule has 1 aromatic rings. The Hall–Kier alpha value is -2.04. The highest BCUT2D eigenvalue weighted by Gasteiger charge is 2.19. The lowest BCUT2D eigenvalue weighted by Gasteiger charge is -2.22. The van der Waals surface area contributed by atoms with Gasteiger partial charge in [0.05, 0.1) is 18.4 Å². The Bertz CT molecular complexity index is 468. The Morgan fingerprint density at radius 2 is 1.94 bits per heavy atom. The molecule has 1 N–H and O–H groups in total. The number of nitrogens with zero attached hydrogens (tertiary/aromatic N) is 1. The van der Waals surface area contributed by atoms with Gasteiger partial charge in [0.25, 0.3) is 0 Å². The van der Waals surface area contributed by atoms with Crippen molar-refractivity contribution in [3.05, 3.63) is 23.8 Å². The lowest BCUT2D eigenvalue weighted by molar-refractivity contribution is -0.121. The van der Waals surface area contributed by atoms with Crippen LogP contribution in [0.4, 0.5) is 5.69 Å². The lowest BCUT2D eigenvalue weighted by atomic mass is 10.1. The molecule has 0 fully saturated rings. The summed E-state index contributed by atoms with van der Waals surface area (Å²) in [6.45, 7) is 3.57. The predicted molar refractivity (Wildman–Crippen MR) is 68.2 cm³/mol. The molecule has 0 unspecified atom stereocenters. The molecule has 0 heterocycles. The average Bonchev–Trinajstić information content (AvgIpc) is 2.35. The van der Waals surface area contributed by atoms with E-state index in [0.717, 1.165) is 0 Å². The van der Waals surface area contributed by atoms with Crippen LogP contribution in [0.5, 0.6) is 5.75 Å². The average molecular weight is 251 g/mol. The molecule has 5 heteroatoms. The topological polar surface area (TPSA) is 66.8 Å². The Labute approximate surface area is 106 Å². The molecule has 1 aromatic carbocycles. The Balaban J connectivity index is 3.23. The van der Waals surface area contributed by atoms with Crippen LogP contribution in [0.25, 0.3) is 0 Å². The second-order valence-corrected chi connectivity index (χ2v) is 4.24. The lowest BCUT2D eigenvalue weighted by Crippen LogP contribution is -2.30. The van der Waals surface area contributed by atoms with Crippen molar-refractivity contribution in [3.63, 3.8) is 0 Å². The third-order valence-electron chi connectivity index (χ3n) is 2.61. The number of carboxylic acids is 1. The molecule has 1 amide bonds. The number of rotatable bonds is 4. The van der Waals surface area contributed by atoms with Gasteiger partial charge in [-0.3, -0.25) is 4.79 Å². The quantitative estimate of drug-likeness (QED) is 0.888. The summed E-state index contributed by atoms with van der Waals surface area (Å²) in [6, 6.07) is 4.42. The third kappa shape index (κ3) is 2.80. The van der Waals surface area contributed by atoms with Crippen LogP contribution in [-0.2, 0) is 4.79 Å². The fourth-order valence-corrected chi connectivity index (χ4v) is 1.59. The summed E-state index contributed by atoms with van der Waals surface area (Å²) in [5.74, 6) is -0.843. The van der Waals surface area contributed by atoms with E-state index in [-0.39, 0.29) is 17.4 Å². The first kappa shape index (κ1) is 14.0.